The van der Waals surface area contributed by atoms with Crippen molar-refractivity contribution in [3.8, 4) is 0 Å². The van der Waals surface area contributed by atoms with Gasteiger partial charge in [0, 0.05) is 11.9 Å². The highest BCUT2D eigenvalue weighted by molar-refractivity contribution is 5.33. The third-order valence-electron chi connectivity index (χ3n) is 3.01. The van der Waals surface area contributed by atoms with Crippen LogP contribution in [0.2, 0.25) is 0 Å². The molecular formula is C14H18N4. The summed E-state index contributed by atoms with van der Waals surface area (Å²) in [4.78, 5) is 4.35. The van der Waals surface area contributed by atoms with E-state index in [2.05, 4.69) is 32.6 Å². The Hall–Kier alpha value is -1.81. The molecule has 0 amide bonds. The minimum atomic E-state index is 0.104. The summed E-state index contributed by atoms with van der Waals surface area (Å²) < 4.78 is 0. The van der Waals surface area contributed by atoms with Gasteiger partial charge in [-0.2, -0.15) is 10.2 Å². The number of rotatable bonds is 3. The van der Waals surface area contributed by atoms with E-state index < -0.39 is 0 Å². The van der Waals surface area contributed by atoms with Crippen molar-refractivity contribution in [1.29, 1.82) is 0 Å². The van der Waals surface area contributed by atoms with Crippen molar-refractivity contribution in [2.75, 3.05) is 7.05 Å². The van der Waals surface area contributed by atoms with Gasteiger partial charge < -0.3 is 5.32 Å². The Morgan fingerprint density at radius 3 is 2.44 bits per heavy atom. The largest absolute Gasteiger partial charge is 0.309 e. The molecule has 0 saturated heterocycles. The van der Waals surface area contributed by atoms with Crippen LogP contribution in [0.3, 0.4) is 0 Å². The monoisotopic (exact) mass is 242 g/mol. The van der Waals surface area contributed by atoms with E-state index in [1.807, 2.05) is 40.1 Å². The lowest BCUT2D eigenvalue weighted by Gasteiger charge is -2.18. The molecule has 1 unspecified atom stereocenters. The van der Waals surface area contributed by atoms with E-state index >= 15 is 0 Å². The molecule has 2 rings (SSSR count). The summed E-state index contributed by atoms with van der Waals surface area (Å²) in [6, 6.07) is 6.30. The lowest BCUT2D eigenvalue weighted by molar-refractivity contribution is 0.672. The zero-order valence-corrected chi connectivity index (χ0v) is 11.2. The highest BCUT2D eigenvalue weighted by Crippen LogP contribution is 2.23. The molecule has 0 spiro atoms. The van der Waals surface area contributed by atoms with E-state index in [0.717, 1.165) is 28.2 Å². The van der Waals surface area contributed by atoms with Crippen molar-refractivity contribution in [3.63, 3.8) is 0 Å². The fourth-order valence-corrected chi connectivity index (χ4v) is 2.01. The minimum absolute atomic E-state index is 0.104. The van der Waals surface area contributed by atoms with Crippen molar-refractivity contribution in [3.05, 3.63) is 52.6 Å². The number of hydrogen-bond acceptors (Lipinski definition) is 4. The quantitative estimate of drug-likeness (QED) is 0.895. The molecule has 4 heteroatoms. The normalized spacial score (nSPS) is 12.4. The van der Waals surface area contributed by atoms with Gasteiger partial charge >= 0.3 is 0 Å². The van der Waals surface area contributed by atoms with Crippen LogP contribution in [0.15, 0.2) is 24.4 Å². The third-order valence-corrected chi connectivity index (χ3v) is 3.01. The first-order valence-corrected chi connectivity index (χ1v) is 6.02. The molecule has 94 valence electrons. The van der Waals surface area contributed by atoms with Crippen LogP contribution in [0.5, 0.6) is 0 Å². The maximum atomic E-state index is 4.35. The Morgan fingerprint density at radius 2 is 1.83 bits per heavy atom. The summed E-state index contributed by atoms with van der Waals surface area (Å²) in [6.07, 6.45) is 1.91. The first-order valence-electron chi connectivity index (χ1n) is 6.02. The fourth-order valence-electron chi connectivity index (χ4n) is 2.01. The van der Waals surface area contributed by atoms with Gasteiger partial charge in [0.25, 0.3) is 0 Å². The smallest absolute Gasteiger partial charge is 0.0651 e. The Balaban J connectivity index is 2.44. The molecule has 1 N–H and O–H groups in total. The summed E-state index contributed by atoms with van der Waals surface area (Å²) in [6.45, 7) is 5.92. The number of pyridine rings is 1. The molecule has 0 aliphatic rings. The molecule has 0 aromatic carbocycles. The fraction of sp³-hybridized carbons (Fsp3) is 0.357. The van der Waals surface area contributed by atoms with Gasteiger partial charge in [-0.1, -0.05) is 6.07 Å². The molecule has 0 aliphatic carbocycles. The van der Waals surface area contributed by atoms with Crippen LogP contribution >= 0.6 is 0 Å². The van der Waals surface area contributed by atoms with Gasteiger partial charge in [-0.15, -0.1) is 0 Å². The lowest BCUT2D eigenvalue weighted by atomic mass is 9.99. The molecule has 0 radical (unpaired) electrons. The maximum absolute atomic E-state index is 4.35. The molecular weight excluding hydrogens is 224 g/mol. The van der Waals surface area contributed by atoms with Crippen LogP contribution < -0.4 is 5.32 Å². The van der Waals surface area contributed by atoms with Crippen molar-refractivity contribution in [2.24, 2.45) is 0 Å². The van der Waals surface area contributed by atoms with Gasteiger partial charge in [0.1, 0.15) is 0 Å². The van der Waals surface area contributed by atoms with Gasteiger partial charge in [-0.25, -0.2) is 0 Å². The van der Waals surface area contributed by atoms with E-state index in [4.69, 9.17) is 0 Å². The highest BCUT2D eigenvalue weighted by Gasteiger charge is 2.15. The minimum Gasteiger partial charge on any atom is -0.309 e. The molecule has 0 saturated carbocycles. The summed E-state index contributed by atoms with van der Waals surface area (Å²) in [5, 5.41) is 11.6. The molecule has 2 heterocycles. The van der Waals surface area contributed by atoms with E-state index in [9.17, 15) is 0 Å². The van der Waals surface area contributed by atoms with Gasteiger partial charge in [0.05, 0.1) is 17.4 Å². The zero-order valence-electron chi connectivity index (χ0n) is 11.2. The van der Waals surface area contributed by atoms with E-state index in [1.54, 1.807) is 0 Å². The second kappa shape index (κ2) is 5.23. The van der Waals surface area contributed by atoms with Crippen LogP contribution in [-0.4, -0.2) is 22.2 Å². The van der Waals surface area contributed by atoms with Crippen molar-refractivity contribution in [2.45, 2.75) is 26.8 Å². The summed E-state index contributed by atoms with van der Waals surface area (Å²) in [7, 11) is 1.94. The predicted molar refractivity (Wildman–Crippen MR) is 71.4 cm³/mol. The van der Waals surface area contributed by atoms with Gasteiger partial charge in [0.15, 0.2) is 0 Å². The highest BCUT2D eigenvalue weighted by atomic mass is 15.1. The van der Waals surface area contributed by atoms with Gasteiger partial charge in [0.2, 0.25) is 0 Å². The number of nitrogens with one attached hydrogen (secondary N) is 1. The van der Waals surface area contributed by atoms with Crippen molar-refractivity contribution < 1.29 is 0 Å². The van der Waals surface area contributed by atoms with Crippen LogP contribution in [0, 0.1) is 20.8 Å². The molecule has 0 aliphatic heterocycles. The predicted octanol–water partition coefficient (Wildman–Crippen LogP) is 2.11. The topological polar surface area (TPSA) is 50.7 Å². The van der Waals surface area contributed by atoms with Crippen LogP contribution in [-0.2, 0) is 0 Å². The van der Waals surface area contributed by atoms with Gasteiger partial charge in [-0.05, 0) is 51.1 Å². The molecule has 4 nitrogen and oxygen atoms in total. The standard InChI is InChI=1S/C14H18N4/c1-9-5-6-12(8-16-9)14(15-4)13-7-10(2)17-18-11(13)3/h5-8,14-15H,1-4H3. The molecule has 2 aromatic rings. The number of aryl methyl sites for hydroxylation is 3. The maximum Gasteiger partial charge on any atom is 0.0651 e. The Bertz CT molecular complexity index is 534. The van der Waals surface area contributed by atoms with Crippen molar-refractivity contribution in [1.82, 2.24) is 20.5 Å². The van der Waals surface area contributed by atoms with Crippen molar-refractivity contribution >= 4 is 0 Å². The average Bonchev–Trinajstić information content (AvgIpc) is 2.37. The molecule has 1 atom stereocenters. The summed E-state index contributed by atoms with van der Waals surface area (Å²) in [5.74, 6) is 0. The van der Waals surface area contributed by atoms with Gasteiger partial charge in [-0.3, -0.25) is 4.98 Å². The van der Waals surface area contributed by atoms with Crippen LogP contribution in [0.25, 0.3) is 0 Å². The number of aromatic nitrogens is 3. The first-order chi connectivity index (χ1) is 8.61. The van der Waals surface area contributed by atoms with E-state index in [-0.39, 0.29) is 6.04 Å². The van der Waals surface area contributed by atoms with Crippen LogP contribution in [0.1, 0.15) is 34.3 Å². The Labute approximate surface area is 107 Å². The summed E-state index contributed by atoms with van der Waals surface area (Å²) in [5.41, 5.74) is 5.18. The van der Waals surface area contributed by atoms with E-state index in [1.165, 1.54) is 0 Å². The zero-order chi connectivity index (χ0) is 13.1. The van der Waals surface area contributed by atoms with Crippen LogP contribution in [0.4, 0.5) is 0 Å². The van der Waals surface area contributed by atoms with E-state index in [0.29, 0.717) is 0 Å². The molecule has 2 aromatic heterocycles. The average molecular weight is 242 g/mol. The summed E-state index contributed by atoms with van der Waals surface area (Å²) >= 11 is 0. The third kappa shape index (κ3) is 2.54. The molecule has 18 heavy (non-hydrogen) atoms. The number of nitrogens with zero attached hydrogens (tertiary/aromatic N) is 3. The lowest BCUT2D eigenvalue weighted by Crippen LogP contribution is -2.20. The Morgan fingerprint density at radius 1 is 1.06 bits per heavy atom. The molecule has 0 fully saturated rings. The second-order valence-corrected chi connectivity index (χ2v) is 4.48. The first kappa shape index (κ1) is 12.6. The number of hydrogen-bond donors (Lipinski definition) is 1. The Kier molecular flexibility index (Phi) is 3.67. The second-order valence-electron chi connectivity index (χ2n) is 4.48. The molecule has 0 bridgehead atoms. The SMILES string of the molecule is CNC(c1ccc(C)nc1)c1cc(C)nnc1C.